The van der Waals surface area contributed by atoms with Crippen molar-refractivity contribution < 1.29 is 13.2 Å². The van der Waals surface area contributed by atoms with E-state index < -0.39 is 9.84 Å². The van der Waals surface area contributed by atoms with Gasteiger partial charge in [0.25, 0.3) is 0 Å². The van der Waals surface area contributed by atoms with Crippen LogP contribution >= 0.6 is 0 Å². The summed E-state index contributed by atoms with van der Waals surface area (Å²) in [4.78, 5) is 16.6. The summed E-state index contributed by atoms with van der Waals surface area (Å²) in [7, 11) is -3.10. The second-order valence-corrected chi connectivity index (χ2v) is 8.37. The van der Waals surface area contributed by atoms with Gasteiger partial charge in [-0.1, -0.05) is 6.92 Å². The molecule has 0 bridgehead atoms. The minimum atomic E-state index is -3.10. The Morgan fingerprint density at radius 2 is 2.00 bits per heavy atom. The number of aromatic nitrogens is 4. The normalized spacial score (nSPS) is 27.1. The van der Waals surface area contributed by atoms with Crippen LogP contribution in [0.5, 0.6) is 0 Å². The number of rotatable bonds is 4. The van der Waals surface area contributed by atoms with Crippen molar-refractivity contribution in [1.82, 2.24) is 30.0 Å². The summed E-state index contributed by atoms with van der Waals surface area (Å²) in [5, 5.41) is 11.1. The fourth-order valence-electron chi connectivity index (χ4n) is 3.51. The average Bonchev–Trinajstić information content (AvgIpc) is 3.02. The Morgan fingerprint density at radius 1 is 1.26 bits per heavy atom. The minimum Gasteiger partial charge on any atom is -0.334 e. The van der Waals surface area contributed by atoms with Gasteiger partial charge in [-0.25, -0.2) is 13.1 Å². The molecule has 10 heteroatoms. The van der Waals surface area contributed by atoms with Crippen LogP contribution in [-0.2, 0) is 21.2 Å². The molecule has 0 unspecified atom stereocenters. The van der Waals surface area contributed by atoms with E-state index in [1.807, 2.05) is 0 Å². The molecular weight excluding hydrogens is 320 g/mol. The number of amides is 1. The van der Waals surface area contributed by atoms with Gasteiger partial charge in [-0.3, -0.25) is 9.69 Å². The molecule has 9 nitrogen and oxygen atoms in total. The lowest BCUT2D eigenvalue weighted by Gasteiger charge is -2.43. The first-order valence-corrected chi connectivity index (χ1v) is 9.70. The number of fused-ring (bicyclic) bond motifs is 1. The van der Waals surface area contributed by atoms with Crippen LogP contribution in [0.3, 0.4) is 0 Å². The molecule has 23 heavy (non-hydrogen) atoms. The van der Waals surface area contributed by atoms with Crippen LogP contribution in [-0.4, -0.2) is 87.6 Å². The van der Waals surface area contributed by atoms with Crippen LogP contribution in [0, 0.1) is 6.92 Å². The third-order valence-electron chi connectivity index (χ3n) is 4.62. The number of hydrogen-bond acceptors (Lipinski definition) is 7. The molecule has 0 N–H and O–H groups in total. The average molecular weight is 342 g/mol. The number of aryl methyl sites for hydroxylation is 1. The maximum atomic E-state index is 12.6. The standard InChI is InChI=1S/C13H22N6O3S/c1-3-4-17-5-6-18(12-9-23(21,22)8-11(12)17)13(20)7-19-10(2)14-15-16-19/h11-12H,3-9H2,1-2H3/t11-,12+/m1/s1. The Morgan fingerprint density at radius 3 is 2.65 bits per heavy atom. The van der Waals surface area contributed by atoms with Crippen molar-refractivity contribution in [2.75, 3.05) is 31.1 Å². The first-order chi connectivity index (χ1) is 10.9. The highest BCUT2D eigenvalue weighted by atomic mass is 32.2. The lowest BCUT2D eigenvalue weighted by atomic mass is 10.0. The fourth-order valence-corrected chi connectivity index (χ4v) is 5.53. The van der Waals surface area contributed by atoms with E-state index in [4.69, 9.17) is 0 Å². The number of sulfone groups is 1. The molecule has 2 fully saturated rings. The number of piperazine rings is 1. The van der Waals surface area contributed by atoms with Gasteiger partial charge in [0.2, 0.25) is 5.91 Å². The van der Waals surface area contributed by atoms with Gasteiger partial charge < -0.3 is 4.90 Å². The highest BCUT2D eigenvalue weighted by Gasteiger charge is 2.47. The molecule has 0 saturated carbocycles. The summed E-state index contributed by atoms with van der Waals surface area (Å²) in [5.41, 5.74) is 0. The SMILES string of the molecule is CCCN1CCN(C(=O)Cn2nnnc2C)[C@H]2CS(=O)(=O)C[C@H]21. The van der Waals surface area contributed by atoms with E-state index in [2.05, 4.69) is 27.3 Å². The topological polar surface area (TPSA) is 101 Å². The molecule has 1 amide bonds. The molecule has 1 aromatic rings. The first kappa shape index (κ1) is 16.3. The van der Waals surface area contributed by atoms with Crippen molar-refractivity contribution in [1.29, 1.82) is 0 Å². The van der Waals surface area contributed by atoms with Crippen molar-refractivity contribution in [2.24, 2.45) is 0 Å². The summed E-state index contributed by atoms with van der Waals surface area (Å²) in [6.07, 6.45) is 0.973. The second-order valence-electron chi connectivity index (χ2n) is 6.22. The predicted molar refractivity (Wildman–Crippen MR) is 82.4 cm³/mol. The van der Waals surface area contributed by atoms with Crippen molar-refractivity contribution in [3.63, 3.8) is 0 Å². The van der Waals surface area contributed by atoms with Crippen molar-refractivity contribution >= 4 is 15.7 Å². The lowest BCUT2D eigenvalue weighted by Crippen LogP contribution is -2.61. The molecule has 1 aromatic heterocycles. The molecular formula is C13H22N6O3S. The second kappa shape index (κ2) is 6.16. The van der Waals surface area contributed by atoms with Crippen molar-refractivity contribution in [2.45, 2.75) is 38.9 Å². The zero-order valence-electron chi connectivity index (χ0n) is 13.4. The molecule has 0 radical (unpaired) electrons. The van der Waals surface area contributed by atoms with Crippen LogP contribution in [0.2, 0.25) is 0 Å². The monoisotopic (exact) mass is 342 g/mol. The van der Waals surface area contributed by atoms with E-state index in [1.165, 1.54) is 4.68 Å². The molecule has 0 spiro atoms. The largest absolute Gasteiger partial charge is 0.334 e. The number of hydrogen-bond donors (Lipinski definition) is 0. The van der Waals surface area contributed by atoms with Crippen LogP contribution < -0.4 is 0 Å². The van der Waals surface area contributed by atoms with Gasteiger partial charge in [-0.05, 0) is 30.3 Å². The highest BCUT2D eigenvalue weighted by Crippen LogP contribution is 2.27. The van der Waals surface area contributed by atoms with Crippen LogP contribution in [0.1, 0.15) is 19.2 Å². The maximum Gasteiger partial charge on any atom is 0.244 e. The molecule has 2 aliphatic heterocycles. The van der Waals surface area contributed by atoms with E-state index in [0.29, 0.717) is 18.9 Å². The van der Waals surface area contributed by atoms with E-state index >= 15 is 0 Å². The fraction of sp³-hybridized carbons (Fsp3) is 0.846. The Hall–Kier alpha value is -1.55. The molecule has 3 heterocycles. The minimum absolute atomic E-state index is 0.0515. The van der Waals surface area contributed by atoms with E-state index in [0.717, 1.165) is 13.0 Å². The lowest BCUT2D eigenvalue weighted by molar-refractivity contribution is -0.137. The number of nitrogens with zero attached hydrogens (tertiary/aromatic N) is 6. The third kappa shape index (κ3) is 3.23. The molecule has 2 aliphatic rings. The smallest absolute Gasteiger partial charge is 0.244 e. The molecule has 0 aliphatic carbocycles. The maximum absolute atomic E-state index is 12.6. The summed E-state index contributed by atoms with van der Waals surface area (Å²) < 4.78 is 25.6. The molecule has 128 valence electrons. The van der Waals surface area contributed by atoms with E-state index in [9.17, 15) is 13.2 Å². The van der Waals surface area contributed by atoms with Gasteiger partial charge in [-0.2, -0.15) is 0 Å². The van der Waals surface area contributed by atoms with E-state index in [-0.39, 0.29) is 36.0 Å². The van der Waals surface area contributed by atoms with Crippen LogP contribution in [0.25, 0.3) is 0 Å². The molecule has 2 atom stereocenters. The van der Waals surface area contributed by atoms with Crippen LogP contribution in [0.15, 0.2) is 0 Å². The van der Waals surface area contributed by atoms with Crippen LogP contribution in [0.4, 0.5) is 0 Å². The Labute approximate surface area is 135 Å². The zero-order chi connectivity index (χ0) is 16.6. The number of carbonyl (C=O) groups is 1. The Kier molecular flexibility index (Phi) is 4.37. The molecule has 0 aromatic carbocycles. The van der Waals surface area contributed by atoms with Gasteiger partial charge >= 0.3 is 0 Å². The van der Waals surface area contributed by atoms with Crippen molar-refractivity contribution in [3.8, 4) is 0 Å². The van der Waals surface area contributed by atoms with Gasteiger partial charge in [0.15, 0.2) is 9.84 Å². The first-order valence-electron chi connectivity index (χ1n) is 7.88. The van der Waals surface area contributed by atoms with Gasteiger partial charge in [0.1, 0.15) is 12.4 Å². The number of tetrazole rings is 1. The highest BCUT2D eigenvalue weighted by molar-refractivity contribution is 7.91. The molecule has 3 rings (SSSR count). The van der Waals surface area contributed by atoms with Crippen molar-refractivity contribution in [3.05, 3.63) is 5.82 Å². The zero-order valence-corrected chi connectivity index (χ0v) is 14.2. The van der Waals surface area contributed by atoms with Gasteiger partial charge in [0, 0.05) is 19.1 Å². The predicted octanol–water partition coefficient (Wildman–Crippen LogP) is -1.30. The van der Waals surface area contributed by atoms with Gasteiger partial charge in [-0.15, -0.1) is 5.10 Å². The van der Waals surface area contributed by atoms with Gasteiger partial charge in [0.05, 0.1) is 17.5 Å². The number of carbonyl (C=O) groups excluding carboxylic acids is 1. The van der Waals surface area contributed by atoms with E-state index in [1.54, 1.807) is 11.8 Å². The summed E-state index contributed by atoms with van der Waals surface area (Å²) in [5.74, 6) is 0.644. The Bertz CT molecular complexity index is 688. The molecule has 2 saturated heterocycles. The Balaban J connectivity index is 1.78. The summed E-state index contributed by atoms with van der Waals surface area (Å²) in [6, 6.07) is -0.350. The quantitative estimate of drug-likeness (QED) is 0.670. The summed E-state index contributed by atoms with van der Waals surface area (Å²) >= 11 is 0. The summed E-state index contributed by atoms with van der Waals surface area (Å²) in [6.45, 7) is 5.99. The third-order valence-corrected chi connectivity index (χ3v) is 6.32.